The van der Waals surface area contributed by atoms with Crippen LogP contribution in [0.1, 0.15) is 46.5 Å². The van der Waals surface area contributed by atoms with Gasteiger partial charge >= 0.3 is 5.97 Å². The van der Waals surface area contributed by atoms with E-state index < -0.39 is 11.4 Å². The molecule has 3 nitrogen and oxygen atoms in total. The number of carboxylic acid groups (broad SMARTS) is 1. The van der Waals surface area contributed by atoms with Crippen molar-refractivity contribution in [3.63, 3.8) is 0 Å². The molecule has 0 bridgehead atoms. The second-order valence-electron chi connectivity index (χ2n) is 5.41. The molecule has 0 aromatic heterocycles. The molecule has 1 aliphatic carbocycles. The second-order valence-corrected chi connectivity index (χ2v) is 5.41. The van der Waals surface area contributed by atoms with Crippen molar-refractivity contribution in [2.75, 3.05) is 6.54 Å². The zero-order valence-corrected chi connectivity index (χ0v) is 10.0. The van der Waals surface area contributed by atoms with Crippen molar-refractivity contribution < 1.29 is 9.90 Å². The standard InChI is InChI=1S/C12H23NO2/c1-9-5-4-6-10(9)13-8-7-12(2,3)11(14)15/h9-10,13H,4-8H2,1-3H3,(H,14,15). The first-order valence-electron chi connectivity index (χ1n) is 5.90. The van der Waals surface area contributed by atoms with Crippen LogP contribution in [0.5, 0.6) is 0 Å². The number of carbonyl (C=O) groups is 1. The van der Waals surface area contributed by atoms with Gasteiger partial charge in [-0.1, -0.05) is 13.3 Å². The molecular formula is C12H23NO2. The van der Waals surface area contributed by atoms with Crippen molar-refractivity contribution >= 4 is 5.97 Å². The molecule has 0 aromatic carbocycles. The highest BCUT2D eigenvalue weighted by atomic mass is 16.4. The summed E-state index contributed by atoms with van der Waals surface area (Å²) in [4.78, 5) is 10.9. The zero-order valence-electron chi connectivity index (χ0n) is 10.0. The Kier molecular flexibility index (Phi) is 4.14. The van der Waals surface area contributed by atoms with E-state index in [1.165, 1.54) is 19.3 Å². The maximum atomic E-state index is 10.9. The second kappa shape index (κ2) is 4.97. The highest BCUT2D eigenvalue weighted by Gasteiger charge is 2.28. The van der Waals surface area contributed by atoms with Crippen LogP contribution in [0.2, 0.25) is 0 Å². The van der Waals surface area contributed by atoms with E-state index in [0.29, 0.717) is 12.5 Å². The summed E-state index contributed by atoms with van der Waals surface area (Å²) >= 11 is 0. The van der Waals surface area contributed by atoms with Gasteiger partial charge in [-0.25, -0.2) is 0 Å². The molecule has 1 fully saturated rings. The minimum atomic E-state index is -0.705. The third-order valence-corrected chi connectivity index (χ3v) is 3.60. The lowest BCUT2D eigenvalue weighted by molar-refractivity contribution is -0.147. The molecule has 2 N–H and O–H groups in total. The summed E-state index contributed by atoms with van der Waals surface area (Å²) in [5.74, 6) is 0.0433. The van der Waals surface area contributed by atoms with Gasteiger partial charge in [-0.05, 0) is 45.6 Å². The predicted molar refractivity (Wildman–Crippen MR) is 60.8 cm³/mol. The maximum Gasteiger partial charge on any atom is 0.309 e. The molecule has 0 aromatic rings. The van der Waals surface area contributed by atoms with E-state index in [9.17, 15) is 4.79 Å². The van der Waals surface area contributed by atoms with E-state index in [4.69, 9.17) is 5.11 Å². The van der Waals surface area contributed by atoms with Gasteiger partial charge < -0.3 is 10.4 Å². The number of aliphatic carboxylic acids is 1. The van der Waals surface area contributed by atoms with Crippen LogP contribution in [-0.2, 0) is 4.79 Å². The van der Waals surface area contributed by atoms with Gasteiger partial charge in [0.15, 0.2) is 0 Å². The van der Waals surface area contributed by atoms with Crippen LogP contribution in [0.25, 0.3) is 0 Å². The Bertz CT molecular complexity index is 226. The molecule has 0 aliphatic heterocycles. The third kappa shape index (κ3) is 3.49. The predicted octanol–water partition coefficient (Wildman–Crippen LogP) is 2.27. The Morgan fingerprint density at radius 1 is 1.47 bits per heavy atom. The third-order valence-electron chi connectivity index (χ3n) is 3.60. The van der Waals surface area contributed by atoms with E-state index in [0.717, 1.165) is 12.5 Å². The molecule has 1 saturated carbocycles. The van der Waals surface area contributed by atoms with E-state index >= 15 is 0 Å². The van der Waals surface area contributed by atoms with Crippen molar-refractivity contribution in [3.8, 4) is 0 Å². The fraction of sp³-hybridized carbons (Fsp3) is 0.917. The smallest absolute Gasteiger partial charge is 0.309 e. The SMILES string of the molecule is CC1CCCC1NCCC(C)(C)C(=O)O. The lowest BCUT2D eigenvalue weighted by Gasteiger charge is -2.22. The van der Waals surface area contributed by atoms with Crippen LogP contribution in [0.15, 0.2) is 0 Å². The lowest BCUT2D eigenvalue weighted by Crippen LogP contribution is -2.35. The monoisotopic (exact) mass is 213 g/mol. The molecule has 0 amide bonds. The average molecular weight is 213 g/mol. The number of hydrogen-bond acceptors (Lipinski definition) is 2. The van der Waals surface area contributed by atoms with Gasteiger partial charge in [-0.15, -0.1) is 0 Å². The first kappa shape index (κ1) is 12.5. The summed E-state index contributed by atoms with van der Waals surface area (Å²) in [6.07, 6.45) is 4.56. The highest BCUT2D eigenvalue weighted by Crippen LogP contribution is 2.25. The Morgan fingerprint density at radius 3 is 2.60 bits per heavy atom. The van der Waals surface area contributed by atoms with E-state index in [1.54, 1.807) is 13.8 Å². The first-order chi connectivity index (χ1) is 6.93. The number of rotatable bonds is 5. The molecule has 0 spiro atoms. The molecule has 0 saturated heterocycles. The molecule has 2 atom stereocenters. The van der Waals surface area contributed by atoms with Crippen LogP contribution < -0.4 is 5.32 Å². The van der Waals surface area contributed by atoms with E-state index in [1.807, 2.05) is 0 Å². The summed E-state index contributed by atoms with van der Waals surface area (Å²) in [7, 11) is 0. The van der Waals surface area contributed by atoms with Crippen LogP contribution in [-0.4, -0.2) is 23.7 Å². The topological polar surface area (TPSA) is 49.3 Å². The summed E-state index contributed by atoms with van der Waals surface area (Å²) in [6.45, 7) is 6.66. The van der Waals surface area contributed by atoms with Crippen molar-refractivity contribution in [1.82, 2.24) is 5.32 Å². The Labute approximate surface area is 92.3 Å². The van der Waals surface area contributed by atoms with Crippen molar-refractivity contribution in [3.05, 3.63) is 0 Å². The number of hydrogen-bond donors (Lipinski definition) is 2. The first-order valence-corrected chi connectivity index (χ1v) is 5.90. The van der Waals surface area contributed by atoms with Crippen LogP contribution in [0, 0.1) is 11.3 Å². The number of nitrogens with one attached hydrogen (secondary N) is 1. The fourth-order valence-corrected chi connectivity index (χ4v) is 2.13. The normalized spacial score (nSPS) is 26.9. The Hall–Kier alpha value is -0.570. The largest absolute Gasteiger partial charge is 0.481 e. The molecular weight excluding hydrogens is 190 g/mol. The molecule has 1 aliphatic rings. The average Bonchev–Trinajstić information content (AvgIpc) is 2.51. The van der Waals surface area contributed by atoms with Gasteiger partial charge in [-0.2, -0.15) is 0 Å². The molecule has 3 heteroatoms. The molecule has 1 rings (SSSR count). The lowest BCUT2D eigenvalue weighted by atomic mass is 9.89. The fourth-order valence-electron chi connectivity index (χ4n) is 2.13. The van der Waals surface area contributed by atoms with Gasteiger partial charge in [0, 0.05) is 6.04 Å². The molecule has 0 radical (unpaired) electrons. The van der Waals surface area contributed by atoms with E-state index in [-0.39, 0.29) is 0 Å². The molecule has 88 valence electrons. The van der Waals surface area contributed by atoms with Crippen molar-refractivity contribution in [2.45, 2.75) is 52.5 Å². The van der Waals surface area contributed by atoms with Gasteiger partial charge in [0.25, 0.3) is 0 Å². The summed E-state index contributed by atoms with van der Waals surface area (Å²) in [6, 6.07) is 0.606. The molecule has 15 heavy (non-hydrogen) atoms. The van der Waals surface area contributed by atoms with Gasteiger partial charge in [0.05, 0.1) is 5.41 Å². The van der Waals surface area contributed by atoms with Crippen LogP contribution in [0.3, 0.4) is 0 Å². The minimum Gasteiger partial charge on any atom is -0.481 e. The molecule has 2 unspecified atom stereocenters. The van der Waals surface area contributed by atoms with E-state index in [2.05, 4.69) is 12.2 Å². The highest BCUT2D eigenvalue weighted by molar-refractivity contribution is 5.73. The van der Waals surface area contributed by atoms with Crippen molar-refractivity contribution in [2.24, 2.45) is 11.3 Å². The van der Waals surface area contributed by atoms with Crippen molar-refractivity contribution in [1.29, 1.82) is 0 Å². The minimum absolute atomic E-state index is 0.602. The van der Waals surface area contributed by atoms with Crippen LogP contribution >= 0.6 is 0 Å². The Morgan fingerprint density at radius 2 is 2.13 bits per heavy atom. The zero-order chi connectivity index (χ0) is 11.5. The Balaban J connectivity index is 2.24. The quantitative estimate of drug-likeness (QED) is 0.736. The molecule has 0 heterocycles. The summed E-state index contributed by atoms with van der Waals surface area (Å²) < 4.78 is 0. The summed E-state index contributed by atoms with van der Waals surface area (Å²) in [5.41, 5.74) is -0.602. The van der Waals surface area contributed by atoms with Gasteiger partial charge in [0.2, 0.25) is 0 Å². The van der Waals surface area contributed by atoms with Gasteiger partial charge in [-0.3, -0.25) is 4.79 Å². The number of carboxylic acids is 1. The maximum absolute atomic E-state index is 10.9. The summed E-state index contributed by atoms with van der Waals surface area (Å²) in [5, 5.41) is 12.4. The van der Waals surface area contributed by atoms with Gasteiger partial charge in [0.1, 0.15) is 0 Å². The van der Waals surface area contributed by atoms with Crippen LogP contribution in [0.4, 0.5) is 0 Å².